The molecule has 4 aromatic rings. The number of rotatable bonds is 7. The van der Waals surface area contributed by atoms with Crippen LogP contribution < -0.4 is 32.4 Å². The molecule has 4 aromatic heterocycles. The topological polar surface area (TPSA) is 163 Å². The maximum Gasteiger partial charge on any atom is 0.252 e. The number of fused-ring (bicyclic) bond motifs is 1. The molecule has 1 saturated carbocycles. The van der Waals surface area contributed by atoms with Crippen molar-refractivity contribution in [3.63, 3.8) is 0 Å². The highest BCUT2D eigenvalue weighted by atomic mass is 32.1. The van der Waals surface area contributed by atoms with Gasteiger partial charge in [0.25, 0.3) is 5.91 Å². The van der Waals surface area contributed by atoms with Crippen molar-refractivity contribution in [3.8, 4) is 10.6 Å². The summed E-state index contributed by atoms with van der Waals surface area (Å²) in [5, 5.41) is 9.95. The van der Waals surface area contributed by atoms with Crippen molar-refractivity contribution in [2.75, 3.05) is 41.8 Å². The fourth-order valence-electron chi connectivity index (χ4n) is 5.01. The number of pyridine rings is 1. The molecule has 1 saturated heterocycles. The smallest absolute Gasteiger partial charge is 0.252 e. The fraction of sp³-hybridized carbons (Fsp3) is 0.385. The van der Waals surface area contributed by atoms with E-state index in [1.54, 1.807) is 24.4 Å². The predicted molar refractivity (Wildman–Crippen MR) is 153 cm³/mol. The number of morpholine rings is 1. The third kappa shape index (κ3) is 5.35. The highest BCUT2D eigenvalue weighted by Gasteiger charge is 2.25. The van der Waals surface area contributed by atoms with Crippen molar-refractivity contribution < 1.29 is 19.7 Å². The summed E-state index contributed by atoms with van der Waals surface area (Å²) in [5.41, 5.74) is 11.4. The number of nitrogens with two attached hydrogens (primary N) is 1. The molecule has 2 atom stereocenters. The zero-order valence-corrected chi connectivity index (χ0v) is 22.9. The van der Waals surface area contributed by atoms with Crippen LogP contribution in [0.3, 0.4) is 0 Å². The summed E-state index contributed by atoms with van der Waals surface area (Å²) in [5.74, 6) is 0.979. The van der Waals surface area contributed by atoms with E-state index in [2.05, 4.69) is 26.3 Å². The van der Waals surface area contributed by atoms with Crippen molar-refractivity contribution in [2.24, 2.45) is 5.73 Å². The largest absolute Gasteiger partial charge is 0.439 e. The molecule has 0 aromatic carbocycles. The molecule has 0 spiro atoms. The number of quaternary nitrogens is 1. The number of carbonyl (C=O) groups is 1. The lowest BCUT2D eigenvalue weighted by Gasteiger charge is -2.27. The fourth-order valence-corrected chi connectivity index (χ4v) is 6.80. The minimum absolute atomic E-state index is 0.0778. The van der Waals surface area contributed by atoms with Crippen molar-refractivity contribution in [3.05, 3.63) is 45.6 Å². The van der Waals surface area contributed by atoms with Gasteiger partial charge in [0.2, 0.25) is 5.43 Å². The zero-order chi connectivity index (χ0) is 26.9. The van der Waals surface area contributed by atoms with E-state index < -0.39 is 5.91 Å². The van der Waals surface area contributed by atoms with Gasteiger partial charge >= 0.3 is 0 Å². The van der Waals surface area contributed by atoms with E-state index >= 15 is 0 Å². The number of thiazole rings is 1. The number of thiophene rings is 1. The SMILES string of the molecule is NC(=O)c1ccc(N[C@H]2CCCC[C@H]2[NH3+])nc1Nc1cnc(-c2csc3c(=O)cc(N4CCOCC4)oc23)s1. The molecular formula is C26H30N7O4S2+. The Bertz CT molecular complexity index is 1560. The number of aromatic nitrogens is 2. The first-order chi connectivity index (χ1) is 19.0. The summed E-state index contributed by atoms with van der Waals surface area (Å²) in [7, 11) is 0. The Morgan fingerprint density at radius 1 is 1.21 bits per heavy atom. The molecule has 0 unspecified atom stereocenters. The van der Waals surface area contributed by atoms with Gasteiger partial charge in [-0.05, 0) is 25.0 Å². The normalized spacial score (nSPS) is 19.8. The molecule has 7 N–H and O–H groups in total. The summed E-state index contributed by atoms with van der Waals surface area (Å²) in [6.07, 6.45) is 6.14. The molecule has 13 heteroatoms. The Labute approximate surface area is 232 Å². The van der Waals surface area contributed by atoms with Crippen LogP contribution >= 0.6 is 22.7 Å². The first-order valence-corrected chi connectivity index (χ1v) is 14.7. The second-order valence-electron chi connectivity index (χ2n) is 9.76. The standard InChI is InChI=1S/C26H29N7O4S2/c27-16-3-1-2-4-17(16)30-19-6-5-14(24(28)35)25(31-19)32-20-12-29-26(39-20)15-13-38-23-18(34)11-21(37-22(15)23)33-7-9-36-10-8-33/h5-6,11-13,16-17H,1-4,7-10,27H2,(H2,28,35)(H2,30,31,32)/p+1/t16-,17+/m1/s1. The molecule has 0 bridgehead atoms. The van der Waals surface area contributed by atoms with Crippen LogP contribution in [0.4, 0.5) is 22.5 Å². The van der Waals surface area contributed by atoms with Crippen LogP contribution in [0.2, 0.25) is 0 Å². The average molecular weight is 569 g/mol. The van der Waals surface area contributed by atoms with Gasteiger partial charge in [0, 0.05) is 31.0 Å². The molecule has 2 fully saturated rings. The summed E-state index contributed by atoms with van der Waals surface area (Å²) in [6, 6.07) is 5.54. The highest BCUT2D eigenvalue weighted by Crippen LogP contribution is 2.38. The monoisotopic (exact) mass is 568 g/mol. The van der Waals surface area contributed by atoms with Gasteiger partial charge in [0.15, 0.2) is 11.5 Å². The number of carbonyl (C=O) groups excluding carboxylic acids is 1. The minimum atomic E-state index is -0.574. The maximum atomic E-state index is 12.8. The van der Waals surface area contributed by atoms with Gasteiger partial charge in [-0.15, -0.1) is 11.3 Å². The predicted octanol–water partition coefficient (Wildman–Crippen LogP) is 3.02. The number of anilines is 4. The van der Waals surface area contributed by atoms with Crippen molar-refractivity contribution in [2.45, 2.75) is 37.8 Å². The highest BCUT2D eigenvalue weighted by molar-refractivity contribution is 7.20. The number of nitrogens with zero attached hydrogens (tertiary/aromatic N) is 3. The van der Waals surface area contributed by atoms with Gasteiger partial charge in [-0.3, -0.25) is 9.59 Å². The van der Waals surface area contributed by atoms with Crippen LogP contribution in [0.25, 0.3) is 20.9 Å². The average Bonchev–Trinajstić information content (AvgIpc) is 3.58. The van der Waals surface area contributed by atoms with E-state index in [9.17, 15) is 9.59 Å². The second-order valence-corrected chi connectivity index (χ2v) is 11.7. The third-order valence-electron chi connectivity index (χ3n) is 7.13. The molecule has 1 aliphatic carbocycles. The molecule has 39 heavy (non-hydrogen) atoms. The quantitative estimate of drug-likeness (QED) is 0.262. The Morgan fingerprint density at radius 3 is 2.82 bits per heavy atom. The number of ether oxygens (including phenoxy) is 1. The van der Waals surface area contributed by atoms with Crippen LogP contribution in [0.15, 0.2) is 39.0 Å². The van der Waals surface area contributed by atoms with E-state index in [0.717, 1.165) is 24.8 Å². The van der Waals surface area contributed by atoms with Gasteiger partial charge in [-0.25, -0.2) is 9.97 Å². The number of primary amides is 1. The molecule has 5 heterocycles. The summed E-state index contributed by atoms with van der Waals surface area (Å²) in [6.45, 7) is 2.51. The number of hydrogen-bond acceptors (Lipinski definition) is 11. The van der Waals surface area contributed by atoms with Crippen LogP contribution in [0.1, 0.15) is 36.0 Å². The first-order valence-electron chi connectivity index (χ1n) is 13.0. The van der Waals surface area contributed by atoms with Gasteiger partial charge < -0.3 is 36.2 Å². The van der Waals surface area contributed by atoms with Gasteiger partial charge in [-0.2, -0.15) is 0 Å². The number of amides is 1. The van der Waals surface area contributed by atoms with Gasteiger partial charge in [0.1, 0.15) is 32.4 Å². The lowest BCUT2D eigenvalue weighted by Crippen LogP contribution is -2.68. The Hall–Kier alpha value is -3.52. The van der Waals surface area contributed by atoms with Crippen LogP contribution in [-0.4, -0.2) is 54.3 Å². The summed E-state index contributed by atoms with van der Waals surface area (Å²) in [4.78, 5) is 36.2. The van der Waals surface area contributed by atoms with Gasteiger partial charge in [0.05, 0.1) is 36.6 Å². The molecule has 2 aliphatic rings. The van der Waals surface area contributed by atoms with E-state index in [0.29, 0.717) is 70.2 Å². The zero-order valence-electron chi connectivity index (χ0n) is 21.3. The van der Waals surface area contributed by atoms with E-state index in [1.165, 1.54) is 29.1 Å². The van der Waals surface area contributed by atoms with Crippen LogP contribution in [0.5, 0.6) is 0 Å². The number of hydrogen-bond donors (Lipinski definition) is 4. The van der Waals surface area contributed by atoms with E-state index in [1.807, 2.05) is 10.3 Å². The molecule has 1 aliphatic heterocycles. The summed E-state index contributed by atoms with van der Waals surface area (Å²) >= 11 is 2.71. The molecule has 11 nitrogen and oxygen atoms in total. The van der Waals surface area contributed by atoms with Crippen molar-refractivity contribution >= 4 is 61.4 Å². The van der Waals surface area contributed by atoms with E-state index in [-0.39, 0.29) is 17.0 Å². The minimum Gasteiger partial charge on any atom is -0.439 e. The molecule has 204 valence electrons. The molecule has 0 radical (unpaired) electrons. The number of nitrogens with one attached hydrogen (secondary N) is 2. The molecule has 1 amide bonds. The Morgan fingerprint density at radius 2 is 2.03 bits per heavy atom. The maximum absolute atomic E-state index is 12.8. The van der Waals surface area contributed by atoms with Crippen LogP contribution in [0, 0.1) is 0 Å². The van der Waals surface area contributed by atoms with Gasteiger partial charge in [-0.1, -0.05) is 17.8 Å². The summed E-state index contributed by atoms with van der Waals surface area (Å²) < 4.78 is 12.2. The lowest BCUT2D eigenvalue weighted by atomic mass is 9.91. The van der Waals surface area contributed by atoms with Crippen molar-refractivity contribution in [1.29, 1.82) is 0 Å². The van der Waals surface area contributed by atoms with E-state index in [4.69, 9.17) is 14.9 Å². The second kappa shape index (κ2) is 10.9. The lowest BCUT2D eigenvalue weighted by molar-refractivity contribution is -0.427. The third-order valence-corrected chi connectivity index (χ3v) is 9.06. The molecular weight excluding hydrogens is 538 g/mol. The van der Waals surface area contributed by atoms with Crippen molar-refractivity contribution in [1.82, 2.24) is 9.97 Å². The van der Waals surface area contributed by atoms with Crippen LogP contribution in [-0.2, 0) is 4.74 Å². The molecule has 6 rings (SSSR count). The first kappa shape index (κ1) is 25.7. The Kier molecular flexibility index (Phi) is 7.21. The Balaban J connectivity index is 1.28.